The van der Waals surface area contributed by atoms with Crippen LogP contribution in [0.15, 0.2) is 52.7 Å². The van der Waals surface area contributed by atoms with Crippen molar-refractivity contribution >= 4 is 32.4 Å². The average Bonchev–Trinajstić information content (AvgIpc) is 3.27. The fourth-order valence-corrected chi connectivity index (χ4v) is 6.79. The van der Waals surface area contributed by atoms with E-state index in [0.717, 1.165) is 29.0 Å². The Hall–Kier alpha value is -2.75. The van der Waals surface area contributed by atoms with Gasteiger partial charge in [0.05, 0.1) is 17.7 Å². The van der Waals surface area contributed by atoms with Crippen LogP contribution in [0.2, 0.25) is 0 Å². The summed E-state index contributed by atoms with van der Waals surface area (Å²) >= 11 is 1.33. The molecular formula is C25H29N3O4S2. The average molecular weight is 500 g/mol. The van der Waals surface area contributed by atoms with Gasteiger partial charge >= 0.3 is 0 Å². The summed E-state index contributed by atoms with van der Waals surface area (Å²) in [5, 5.41) is 5.16. The van der Waals surface area contributed by atoms with E-state index in [4.69, 9.17) is 4.74 Å². The van der Waals surface area contributed by atoms with Crippen molar-refractivity contribution in [1.29, 1.82) is 0 Å². The van der Waals surface area contributed by atoms with Crippen LogP contribution in [0.1, 0.15) is 36.2 Å². The zero-order chi connectivity index (χ0) is 24.5. The van der Waals surface area contributed by atoms with Gasteiger partial charge in [0.15, 0.2) is 5.13 Å². The molecule has 0 unspecified atom stereocenters. The molecule has 1 fully saturated rings. The summed E-state index contributed by atoms with van der Waals surface area (Å²) in [6, 6.07) is 11.9. The van der Waals surface area contributed by atoms with E-state index >= 15 is 0 Å². The molecule has 1 aromatic heterocycles. The second kappa shape index (κ2) is 9.85. The summed E-state index contributed by atoms with van der Waals surface area (Å²) in [5.41, 5.74) is 3.07. The first kappa shape index (κ1) is 24.4. The van der Waals surface area contributed by atoms with Crippen LogP contribution in [-0.2, 0) is 10.0 Å². The van der Waals surface area contributed by atoms with Crippen LogP contribution in [0.4, 0.5) is 5.13 Å². The number of hydrogen-bond acceptors (Lipinski definition) is 6. The standard InChI is InChI=1S/C25H29N3O4S2/c1-16-11-17(2)14-28(13-16)34(30,31)21-8-5-19(6-9-21)24(29)27-25-26-22(15-33-25)20-7-10-23(32-4)18(3)12-20/h5-10,12,15-17H,11,13-14H2,1-4H3,(H,26,27,29)/t16-,17-/m1/s1. The number of nitrogens with one attached hydrogen (secondary N) is 1. The molecule has 4 rings (SSSR count). The second-order valence-electron chi connectivity index (χ2n) is 8.97. The minimum absolute atomic E-state index is 0.205. The quantitative estimate of drug-likeness (QED) is 0.513. The first-order valence-electron chi connectivity index (χ1n) is 11.2. The topological polar surface area (TPSA) is 88.6 Å². The lowest BCUT2D eigenvalue weighted by Crippen LogP contribution is -2.42. The molecule has 3 aromatic rings. The Balaban J connectivity index is 1.45. The third kappa shape index (κ3) is 5.16. The highest BCUT2D eigenvalue weighted by atomic mass is 32.2. The number of amides is 1. The summed E-state index contributed by atoms with van der Waals surface area (Å²) in [6.07, 6.45) is 1.03. The molecule has 7 nitrogen and oxygen atoms in total. The number of aryl methyl sites for hydroxylation is 1. The van der Waals surface area contributed by atoms with E-state index in [1.54, 1.807) is 23.5 Å². The first-order chi connectivity index (χ1) is 16.2. The van der Waals surface area contributed by atoms with Crippen LogP contribution in [0.5, 0.6) is 5.75 Å². The molecule has 9 heteroatoms. The number of carbonyl (C=O) groups is 1. The third-order valence-electron chi connectivity index (χ3n) is 6.00. The molecule has 1 saturated heterocycles. The maximum atomic E-state index is 13.1. The Bertz CT molecular complexity index is 1280. The molecule has 0 spiro atoms. The molecule has 34 heavy (non-hydrogen) atoms. The van der Waals surface area contributed by atoms with Crippen LogP contribution in [0, 0.1) is 18.8 Å². The number of hydrogen-bond donors (Lipinski definition) is 1. The van der Waals surface area contributed by atoms with Gasteiger partial charge in [0.2, 0.25) is 10.0 Å². The fourth-order valence-electron chi connectivity index (χ4n) is 4.40. The molecule has 2 heterocycles. The molecule has 0 aliphatic carbocycles. The number of nitrogens with zero attached hydrogens (tertiary/aromatic N) is 2. The smallest absolute Gasteiger partial charge is 0.257 e. The molecule has 1 aliphatic heterocycles. The van der Waals surface area contributed by atoms with Crippen molar-refractivity contribution in [3.8, 4) is 17.0 Å². The van der Waals surface area contributed by atoms with Gasteiger partial charge in [-0.15, -0.1) is 11.3 Å². The number of piperidine rings is 1. The van der Waals surface area contributed by atoms with Gasteiger partial charge in [0.25, 0.3) is 5.91 Å². The summed E-state index contributed by atoms with van der Waals surface area (Å²) in [4.78, 5) is 17.4. The van der Waals surface area contributed by atoms with Crippen LogP contribution < -0.4 is 10.1 Å². The van der Waals surface area contributed by atoms with E-state index in [9.17, 15) is 13.2 Å². The maximum absolute atomic E-state index is 13.1. The van der Waals surface area contributed by atoms with Gasteiger partial charge in [-0.2, -0.15) is 4.31 Å². The van der Waals surface area contributed by atoms with E-state index < -0.39 is 10.0 Å². The lowest BCUT2D eigenvalue weighted by molar-refractivity contribution is 0.102. The van der Waals surface area contributed by atoms with Crippen molar-refractivity contribution in [3.63, 3.8) is 0 Å². The van der Waals surface area contributed by atoms with E-state index in [-0.39, 0.29) is 10.8 Å². The third-order valence-corrected chi connectivity index (χ3v) is 8.61. The number of ether oxygens (including phenoxy) is 1. The monoisotopic (exact) mass is 499 g/mol. The Morgan fingerprint density at radius 3 is 2.41 bits per heavy atom. The maximum Gasteiger partial charge on any atom is 0.257 e. The number of methoxy groups -OCH3 is 1. The van der Waals surface area contributed by atoms with Crippen molar-refractivity contribution in [1.82, 2.24) is 9.29 Å². The Morgan fingerprint density at radius 1 is 1.12 bits per heavy atom. The predicted molar refractivity (Wildman–Crippen MR) is 135 cm³/mol. The van der Waals surface area contributed by atoms with E-state index in [1.165, 1.54) is 23.5 Å². The largest absolute Gasteiger partial charge is 0.496 e. The predicted octanol–water partition coefficient (Wildman–Crippen LogP) is 5.05. The molecule has 1 amide bonds. The molecule has 180 valence electrons. The Kier molecular flexibility index (Phi) is 7.06. The van der Waals surface area contributed by atoms with Crippen molar-refractivity contribution in [2.75, 3.05) is 25.5 Å². The normalized spacial score (nSPS) is 19.1. The van der Waals surface area contributed by atoms with Gasteiger partial charge < -0.3 is 4.74 Å². The highest BCUT2D eigenvalue weighted by Gasteiger charge is 2.31. The zero-order valence-electron chi connectivity index (χ0n) is 19.7. The molecule has 2 aromatic carbocycles. The van der Waals surface area contributed by atoms with Crippen molar-refractivity contribution in [2.24, 2.45) is 11.8 Å². The number of sulfonamides is 1. The number of anilines is 1. The molecular weight excluding hydrogens is 470 g/mol. The summed E-state index contributed by atoms with van der Waals surface area (Å²) in [5.74, 6) is 1.13. The van der Waals surface area contributed by atoms with Gasteiger partial charge in [0.1, 0.15) is 5.75 Å². The molecule has 0 radical (unpaired) electrons. The van der Waals surface area contributed by atoms with Crippen molar-refractivity contribution in [3.05, 3.63) is 59.0 Å². The number of carbonyl (C=O) groups excluding carboxylic acids is 1. The van der Waals surface area contributed by atoms with Crippen LogP contribution in [-0.4, -0.2) is 43.8 Å². The molecule has 2 atom stereocenters. The first-order valence-corrected chi connectivity index (χ1v) is 13.5. The lowest BCUT2D eigenvalue weighted by atomic mass is 9.94. The van der Waals surface area contributed by atoms with Crippen molar-refractivity contribution < 1.29 is 17.9 Å². The SMILES string of the molecule is COc1ccc(-c2csc(NC(=O)c3ccc(S(=O)(=O)N4C[C@H](C)C[C@@H](C)C4)cc3)n2)cc1C. The van der Waals surface area contributed by atoms with Gasteiger partial charge in [0, 0.05) is 29.6 Å². The molecule has 1 N–H and O–H groups in total. The van der Waals surface area contributed by atoms with Gasteiger partial charge in [-0.3, -0.25) is 10.1 Å². The number of aromatic nitrogens is 1. The van der Waals surface area contributed by atoms with Crippen LogP contribution in [0.25, 0.3) is 11.3 Å². The minimum Gasteiger partial charge on any atom is -0.496 e. The van der Waals surface area contributed by atoms with Gasteiger partial charge in [-0.05, 0) is 73.2 Å². The van der Waals surface area contributed by atoms with Gasteiger partial charge in [-0.25, -0.2) is 13.4 Å². The van der Waals surface area contributed by atoms with E-state index in [1.807, 2.05) is 30.5 Å². The summed E-state index contributed by atoms with van der Waals surface area (Å²) in [6.45, 7) is 7.16. The Labute approximate surface area is 204 Å². The molecule has 0 bridgehead atoms. The molecule has 0 saturated carbocycles. The summed E-state index contributed by atoms with van der Waals surface area (Å²) in [7, 11) is -1.95. The number of thiazole rings is 1. The number of benzene rings is 2. The highest BCUT2D eigenvalue weighted by molar-refractivity contribution is 7.89. The van der Waals surface area contributed by atoms with Gasteiger partial charge in [-0.1, -0.05) is 13.8 Å². The highest BCUT2D eigenvalue weighted by Crippen LogP contribution is 2.30. The lowest BCUT2D eigenvalue weighted by Gasteiger charge is -2.34. The fraction of sp³-hybridized carbons (Fsp3) is 0.360. The van der Waals surface area contributed by atoms with E-state index in [0.29, 0.717) is 35.6 Å². The van der Waals surface area contributed by atoms with E-state index in [2.05, 4.69) is 24.1 Å². The molecule has 1 aliphatic rings. The second-order valence-corrected chi connectivity index (χ2v) is 11.8. The van der Waals surface area contributed by atoms with Crippen LogP contribution >= 0.6 is 11.3 Å². The van der Waals surface area contributed by atoms with Crippen molar-refractivity contribution in [2.45, 2.75) is 32.1 Å². The minimum atomic E-state index is -3.58. The Morgan fingerprint density at radius 2 is 1.79 bits per heavy atom. The summed E-state index contributed by atoms with van der Waals surface area (Å²) < 4.78 is 33.0. The number of rotatable bonds is 6. The zero-order valence-corrected chi connectivity index (χ0v) is 21.4. The van der Waals surface area contributed by atoms with Crippen LogP contribution in [0.3, 0.4) is 0 Å².